The summed E-state index contributed by atoms with van der Waals surface area (Å²) < 4.78 is 23.2. The summed E-state index contributed by atoms with van der Waals surface area (Å²) in [7, 11) is -0.889. The Morgan fingerprint density at radius 3 is 2.95 bits per heavy atom. The Morgan fingerprint density at radius 2 is 2.26 bits per heavy atom. The van der Waals surface area contributed by atoms with Crippen LogP contribution in [0.1, 0.15) is 18.9 Å². The molecule has 0 amide bonds. The Bertz CT molecular complexity index is 438. The van der Waals surface area contributed by atoms with Gasteiger partial charge in [0.15, 0.2) is 0 Å². The minimum Gasteiger partial charge on any atom is -0.492 e. The zero-order valence-electron chi connectivity index (χ0n) is 11.2. The normalized spacial score (nSPS) is 24.3. The number of hydrogen-bond acceptors (Lipinski definition) is 4. The number of benzene rings is 1. The van der Waals surface area contributed by atoms with E-state index in [0.717, 1.165) is 17.7 Å². The summed E-state index contributed by atoms with van der Waals surface area (Å²) in [5.41, 5.74) is 6.62. The van der Waals surface area contributed by atoms with Crippen molar-refractivity contribution in [3.63, 3.8) is 0 Å². The average Bonchev–Trinajstić information content (AvgIpc) is 2.85. The van der Waals surface area contributed by atoms with E-state index in [1.165, 1.54) is 0 Å². The van der Waals surface area contributed by atoms with Crippen LogP contribution in [0.2, 0.25) is 0 Å². The van der Waals surface area contributed by atoms with Crippen molar-refractivity contribution in [1.82, 2.24) is 0 Å². The molecule has 1 fully saturated rings. The van der Waals surface area contributed by atoms with Crippen LogP contribution in [0.5, 0.6) is 5.75 Å². The first kappa shape index (κ1) is 14.5. The molecule has 3 unspecified atom stereocenters. The molecule has 1 aromatic carbocycles. The van der Waals surface area contributed by atoms with Crippen molar-refractivity contribution < 1.29 is 13.7 Å². The molecule has 4 nitrogen and oxygen atoms in total. The molecule has 0 spiro atoms. The van der Waals surface area contributed by atoms with Gasteiger partial charge in [-0.05, 0) is 19.4 Å². The van der Waals surface area contributed by atoms with E-state index < -0.39 is 10.8 Å². The maximum absolute atomic E-state index is 12.1. The van der Waals surface area contributed by atoms with Gasteiger partial charge < -0.3 is 15.2 Å². The van der Waals surface area contributed by atoms with Crippen molar-refractivity contribution in [1.29, 1.82) is 0 Å². The van der Waals surface area contributed by atoms with E-state index in [0.29, 0.717) is 25.5 Å². The molecule has 0 bridgehead atoms. The second-order valence-electron chi connectivity index (χ2n) is 4.65. The van der Waals surface area contributed by atoms with Gasteiger partial charge in [-0.3, -0.25) is 4.21 Å². The lowest BCUT2D eigenvalue weighted by atomic mass is 10.2. The fraction of sp³-hybridized carbons (Fsp3) is 0.571. The van der Waals surface area contributed by atoms with Gasteiger partial charge in [-0.25, -0.2) is 0 Å². The highest BCUT2D eigenvalue weighted by atomic mass is 32.2. The summed E-state index contributed by atoms with van der Waals surface area (Å²) in [5.74, 6) is 1.33. The third-order valence-corrected chi connectivity index (χ3v) is 5.24. The van der Waals surface area contributed by atoms with Crippen LogP contribution in [-0.2, 0) is 22.1 Å². The van der Waals surface area contributed by atoms with Gasteiger partial charge in [0, 0.05) is 29.5 Å². The van der Waals surface area contributed by atoms with E-state index in [1.54, 1.807) is 0 Å². The lowest BCUT2D eigenvalue weighted by Crippen LogP contribution is -2.27. The maximum atomic E-state index is 12.1. The van der Waals surface area contributed by atoms with E-state index in [2.05, 4.69) is 0 Å². The van der Waals surface area contributed by atoms with E-state index in [4.69, 9.17) is 15.2 Å². The van der Waals surface area contributed by atoms with Crippen molar-refractivity contribution in [2.75, 3.05) is 19.0 Å². The molecule has 1 aliphatic rings. The molecule has 0 aliphatic carbocycles. The number of para-hydroxylation sites is 1. The summed E-state index contributed by atoms with van der Waals surface area (Å²) in [5, 5.41) is 0.147. The highest BCUT2D eigenvalue weighted by Gasteiger charge is 2.29. The molecule has 1 aromatic rings. The van der Waals surface area contributed by atoms with Gasteiger partial charge in [-0.2, -0.15) is 0 Å². The molecular formula is C14H21NO3S. The van der Waals surface area contributed by atoms with Crippen molar-refractivity contribution in [3.8, 4) is 5.75 Å². The van der Waals surface area contributed by atoms with Gasteiger partial charge >= 0.3 is 0 Å². The van der Waals surface area contributed by atoms with Gasteiger partial charge in [0.25, 0.3) is 0 Å². The predicted octanol–water partition coefficient (Wildman–Crippen LogP) is 1.45. The molecule has 0 radical (unpaired) electrons. The Kier molecular flexibility index (Phi) is 5.36. The lowest BCUT2D eigenvalue weighted by molar-refractivity contribution is 0.127. The quantitative estimate of drug-likeness (QED) is 0.858. The number of ether oxygens (including phenoxy) is 2. The summed E-state index contributed by atoms with van der Waals surface area (Å²) >= 11 is 0. The highest BCUT2D eigenvalue weighted by molar-refractivity contribution is 7.85. The molecule has 3 atom stereocenters. The van der Waals surface area contributed by atoms with E-state index in [-0.39, 0.29) is 11.4 Å². The number of hydrogen-bond donors (Lipinski definition) is 1. The third kappa shape index (κ3) is 3.78. The van der Waals surface area contributed by atoms with Crippen LogP contribution >= 0.6 is 0 Å². The summed E-state index contributed by atoms with van der Waals surface area (Å²) in [6.45, 7) is 3.61. The predicted molar refractivity (Wildman–Crippen MR) is 76.7 cm³/mol. The van der Waals surface area contributed by atoms with Gasteiger partial charge in [0.1, 0.15) is 5.75 Å². The molecule has 0 aromatic heterocycles. The molecule has 1 aliphatic heterocycles. The highest BCUT2D eigenvalue weighted by Crippen LogP contribution is 2.20. The van der Waals surface area contributed by atoms with Gasteiger partial charge in [0.2, 0.25) is 0 Å². The second kappa shape index (κ2) is 7.03. The van der Waals surface area contributed by atoms with E-state index in [1.807, 2.05) is 31.2 Å². The van der Waals surface area contributed by atoms with E-state index >= 15 is 0 Å². The van der Waals surface area contributed by atoms with Crippen LogP contribution in [0.4, 0.5) is 0 Å². The summed E-state index contributed by atoms with van der Waals surface area (Å²) in [6.07, 6.45) is 0.977. The van der Waals surface area contributed by atoms with Crippen LogP contribution in [0.3, 0.4) is 0 Å². The smallest absolute Gasteiger partial charge is 0.123 e. The molecule has 1 heterocycles. The molecule has 106 valence electrons. The van der Waals surface area contributed by atoms with Gasteiger partial charge in [-0.1, -0.05) is 18.2 Å². The fourth-order valence-electron chi connectivity index (χ4n) is 2.26. The van der Waals surface area contributed by atoms with Crippen LogP contribution in [0, 0.1) is 0 Å². The Hall–Kier alpha value is -0.910. The van der Waals surface area contributed by atoms with Crippen LogP contribution in [-0.4, -0.2) is 34.5 Å². The zero-order valence-corrected chi connectivity index (χ0v) is 12.0. The first-order chi connectivity index (χ1) is 9.22. The maximum Gasteiger partial charge on any atom is 0.123 e. The monoisotopic (exact) mass is 283 g/mol. The van der Waals surface area contributed by atoms with Gasteiger partial charge in [-0.15, -0.1) is 0 Å². The number of rotatable bonds is 6. The Morgan fingerprint density at radius 1 is 1.47 bits per heavy atom. The van der Waals surface area contributed by atoms with Gasteiger partial charge in [0.05, 0.1) is 23.7 Å². The van der Waals surface area contributed by atoms with Crippen LogP contribution in [0.25, 0.3) is 0 Å². The van der Waals surface area contributed by atoms with E-state index in [9.17, 15) is 4.21 Å². The van der Waals surface area contributed by atoms with Crippen molar-refractivity contribution in [2.45, 2.75) is 31.2 Å². The largest absolute Gasteiger partial charge is 0.492 e. The fourth-order valence-corrected chi connectivity index (χ4v) is 3.67. The lowest BCUT2D eigenvalue weighted by Gasteiger charge is -2.14. The van der Waals surface area contributed by atoms with Crippen molar-refractivity contribution >= 4 is 10.8 Å². The molecule has 2 rings (SSSR count). The van der Waals surface area contributed by atoms with Crippen molar-refractivity contribution in [2.24, 2.45) is 5.73 Å². The molecular weight excluding hydrogens is 262 g/mol. The third-order valence-electron chi connectivity index (χ3n) is 3.38. The Balaban J connectivity index is 1.81. The minimum absolute atomic E-state index is 0.0946. The second-order valence-corrected chi connectivity index (χ2v) is 6.42. The Labute approximate surface area is 116 Å². The average molecular weight is 283 g/mol. The first-order valence-corrected chi connectivity index (χ1v) is 8.00. The number of nitrogens with two attached hydrogens (primary N) is 1. The van der Waals surface area contributed by atoms with Crippen molar-refractivity contribution in [3.05, 3.63) is 29.8 Å². The SMILES string of the molecule is CC1OCCC1S(=O)CCOc1ccccc1CN. The summed E-state index contributed by atoms with van der Waals surface area (Å²) in [6, 6.07) is 7.69. The summed E-state index contributed by atoms with van der Waals surface area (Å²) in [4.78, 5) is 0. The molecule has 1 saturated heterocycles. The standard InChI is InChI=1S/C14H21NO3S/c1-11-14(6-7-17-11)19(16)9-8-18-13-5-3-2-4-12(13)10-15/h2-5,11,14H,6-10,15H2,1H3. The van der Waals surface area contributed by atoms with Crippen LogP contribution in [0.15, 0.2) is 24.3 Å². The molecule has 19 heavy (non-hydrogen) atoms. The first-order valence-electron chi connectivity index (χ1n) is 6.62. The molecule has 2 N–H and O–H groups in total. The minimum atomic E-state index is -0.889. The molecule has 5 heteroatoms. The topological polar surface area (TPSA) is 61.5 Å². The zero-order chi connectivity index (χ0) is 13.7. The van der Waals surface area contributed by atoms with Crippen LogP contribution < -0.4 is 10.5 Å². The molecule has 0 saturated carbocycles.